The third-order valence-electron chi connectivity index (χ3n) is 5.13. The second-order valence-electron chi connectivity index (χ2n) is 6.83. The van der Waals surface area contributed by atoms with Crippen LogP contribution >= 0.6 is 11.6 Å². The van der Waals surface area contributed by atoms with Crippen molar-refractivity contribution in [1.82, 2.24) is 15.3 Å². The normalized spacial score (nSPS) is 19.5. The Balaban J connectivity index is 1.69. The average Bonchev–Trinajstić information content (AvgIpc) is 2.70. The SMILES string of the molecule is NC(=O)c1ccc(N[C@H]2CNCC[C@@H]2c2ccc(F)c(Cl)c2)c2cncnc12. The number of amides is 1. The van der Waals surface area contributed by atoms with Gasteiger partial charge in [-0.15, -0.1) is 0 Å². The van der Waals surface area contributed by atoms with Crippen molar-refractivity contribution in [3.8, 4) is 0 Å². The predicted molar refractivity (Wildman–Crippen MR) is 107 cm³/mol. The molecule has 4 rings (SSSR count). The molecule has 144 valence electrons. The summed E-state index contributed by atoms with van der Waals surface area (Å²) in [6, 6.07) is 8.40. The number of anilines is 1. The fraction of sp³-hybridized carbons (Fsp3) is 0.250. The minimum absolute atomic E-state index is 0.0399. The van der Waals surface area contributed by atoms with Gasteiger partial charge in [0.1, 0.15) is 12.1 Å². The van der Waals surface area contributed by atoms with E-state index in [9.17, 15) is 9.18 Å². The minimum Gasteiger partial charge on any atom is -0.380 e. The van der Waals surface area contributed by atoms with E-state index < -0.39 is 11.7 Å². The van der Waals surface area contributed by atoms with Gasteiger partial charge in [0.15, 0.2) is 0 Å². The lowest BCUT2D eigenvalue weighted by atomic mass is 9.85. The smallest absolute Gasteiger partial charge is 0.250 e. The number of benzene rings is 2. The van der Waals surface area contributed by atoms with Gasteiger partial charge < -0.3 is 16.4 Å². The Morgan fingerprint density at radius 1 is 1.32 bits per heavy atom. The molecule has 0 saturated carbocycles. The number of nitrogens with one attached hydrogen (secondary N) is 2. The van der Waals surface area contributed by atoms with Crippen molar-refractivity contribution in [3.63, 3.8) is 0 Å². The van der Waals surface area contributed by atoms with Crippen molar-refractivity contribution in [2.75, 3.05) is 18.4 Å². The Labute approximate surface area is 166 Å². The Morgan fingerprint density at radius 3 is 2.96 bits per heavy atom. The van der Waals surface area contributed by atoms with Gasteiger partial charge in [-0.3, -0.25) is 4.79 Å². The zero-order valence-electron chi connectivity index (χ0n) is 15.0. The lowest BCUT2D eigenvalue weighted by Gasteiger charge is -2.34. The Hall–Kier alpha value is -2.77. The highest BCUT2D eigenvalue weighted by Crippen LogP contribution is 2.32. The molecular weight excluding hydrogens is 381 g/mol. The van der Waals surface area contributed by atoms with E-state index in [2.05, 4.69) is 20.6 Å². The summed E-state index contributed by atoms with van der Waals surface area (Å²) in [5.74, 6) is -0.808. The summed E-state index contributed by atoms with van der Waals surface area (Å²) in [7, 11) is 0. The van der Waals surface area contributed by atoms with E-state index in [1.807, 2.05) is 6.07 Å². The first-order valence-electron chi connectivity index (χ1n) is 8.99. The minimum atomic E-state index is -0.534. The van der Waals surface area contributed by atoms with Gasteiger partial charge in [0, 0.05) is 35.8 Å². The lowest BCUT2D eigenvalue weighted by Crippen LogP contribution is -2.44. The third kappa shape index (κ3) is 3.50. The van der Waals surface area contributed by atoms with E-state index in [0.717, 1.165) is 36.1 Å². The largest absolute Gasteiger partial charge is 0.380 e. The molecule has 1 fully saturated rings. The molecule has 28 heavy (non-hydrogen) atoms. The standard InChI is InChI=1S/C20H19ClFN5O/c21-15-7-11(1-3-16(15)22)12-5-6-24-9-18(12)27-17-4-2-13(20(23)28)19-14(17)8-25-10-26-19/h1-4,7-8,10,12,18,24,27H,5-6,9H2,(H2,23,28)/t12-,18+/m1/s1. The van der Waals surface area contributed by atoms with E-state index >= 15 is 0 Å². The highest BCUT2D eigenvalue weighted by Gasteiger charge is 2.27. The molecule has 8 heteroatoms. The predicted octanol–water partition coefficient (Wildman–Crippen LogP) is 3.08. The van der Waals surface area contributed by atoms with Crippen LogP contribution in [0.1, 0.15) is 28.3 Å². The number of hydrogen-bond acceptors (Lipinski definition) is 5. The Kier molecular flexibility index (Phi) is 5.11. The van der Waals surface area contributed by atoms with Crippen molar-refractivity contribution < 1.29 is 9.18 Å². The van der Waals surface area contributed by atoms with Crippen molar-refractivity contribution in [3.05, 3.63) is 64.8 Å². The van der Waals surface area contributed by atoms with E-state index in [4.69, 9.17) is 17.3 Å². The molecule has 0 unspecified atom stereocenters. The van der Waals surface area contributed by atoms with Gasteiger partial charge in [-0.25, -0.2) is 14.4 Å². The zero-order chi connectivity index (χ0) is 19.7. The summed E-state index contributed by atoms with van der Waals surface area (Å²) in [4.78, 5) is 20.0. The first-order chi connectivity index (χ1) is 13.5. The number of carbonyl (C=O) groups is 1. The van der Waals surface area contributed by atoms with Crippen molar-refractivity contribution >= 4 is 34.1 Å². The van der Waals surface area contributed by atoms with Crippen LogP contribution < -0.4 is 16.4 Å². The number of hydrogen-bond donors (Lipinski definition) is 3. The first-order valence-corrected chi connectivity index (χ1v) is 9.37. The Morgan fingerprint density at radius 2 is 2.18 bits per heavy atom. The highest BCUT2D eigenvalue weighted by molar-refractivity contribution is 6.30. The number of halogens is 2. The van der Waals surface area contributed by atoms with Gasteiger partial charge in [0.05, 0.1) is 16.1 Å². The maximum atomic E-state index is 13.6. The van der Waals surface area contributed by atoms with E-state index in [1.165, 1.54) is 12.4 Å². The van der Waals surface area contributed by atoms with Crippen LogP contribution in [0.25, 0.3) is 10.9 Å². The summed E-state index contributed by atoms with van der Waals surface area (Å²) in [5, 5.41) is 7.77. The second-order valence-corrected chi connectivity index (χ2v) is 7.24. The summed E-state index contributed by atoms with van der Waals surface area (Å²) < 4.78 is 13.6. The molecule has 0 bridgehead atoms. The van der Waals surface area contributed by atoms with Crippen LogP contribution in [0.2, 0.25) is 5.02 Å². The number of primary amides is 1. The molecule has 1 saturated heterocycles. The Bertz CT molecular complexity index is 1040. The van der Waals surface area contributed by atoms with Gasteiger partial charge in [-0.05, 0) is 42.8 Å². The number of rotatable bonds is 4. The molecule has 4 N–H and O–H groups in total. The molecule has 6 nitrogen and oxygen atoms in total. The van der Waals surface area contributed by atoms with Crippen LogP contribution in [0.5, 0.6) is 0 Å². The van der Waals surface area contributed by atoms with Gasteiger partial charge in [-0.2, -0.15) is 0 Å². The summed E-state index contributed by atoms with van der Waals surface area (Å²) in [6.45, 7) is 1.59. The molecule has 1 aliphatic rings. The molecule has 3 aromatic rings. The quantitative estimate of drug-likeness (QED) is 0.627. The molecule has 0 spiro atoms. The maximum absolute atomic E-state index is 13.6. The number of nitrogens with two attached hydrogens (primary N) is 1. The number of piperidine rings is 1. The van der Waals surface area contributed by atoms with Crippen molar-refractivity contribution in [2.45, 2.75) is 18.4 Å². The van der Waals surface area contributed by atoms with Gasteiger partial charge in [0.25, 0.3) is 5.91 Å². The molecular formula is C20H19ClFN5O. The monoisotopic (exact) mass is 399 g/mol. The van der Waals surface area contributed by atoms with Crippen LogP contribution in [-0.2, 0) is 0 Å². The first kappa shape index (κ1) is 18.6. The number of nitrogens with zero attached hydrogens (tertiary/aromatic N) is 2. The fourth-order valence-corrected chi connectivity index (χ4v) is 3.94. The summed E-state index contributed by atoms with van der Waals surface area (Å²) in [5.41, 5.74) is 8.13. The zero-order valence-corrected chi connectivity index (χ0v) is 15.7. The van der Waals surface area contributed by atoms with Gasteiger partial charge >= 0.3 is 0 Å². The van der Waals surface area contributed by atoms with Gasteiger partial charge in [0.2, 0.25) is 0 Å². The van der Waals surface area contributed by atoms with E-state index in [-0.39, 0.29) is 17.0 Å². The molecule has 1 aliphatic heterocycles. The van der Waals surface area contributed by atoms with E-state index in [1.54, 1.807) is 24.4 Å². The third-order valence-corrected chi connectivity index (χ3v) is 5.42. The number of aromatic nitrogens is 2. The highest BCUT2D eigenvalue weighted by atomic mass is 35.5. The van der Waals surface area contributed by atoms with Crippen LogP contribution in [-0.4, -0.2) is 35.0 Å². The topological polar surface area (TPSA) is 92.9 Å². The average molecular weight is 400 g/mol. The van der Waals surface area contributed by atoms with Crippen molar-refractivity contribution in [2.24, 2.45) is 5.73 Å². The number of fused-ring (bicyclic) bond motifs is 1. The van der Waals surface area contributed by atoms with Crippen LogP contribution in [0.4, 0.5) is 10.1 Å². The molecule has 0 radical (unpaired) electrons. The van der Waals surface area contributed by atoms with Crippen LogP contribution in [0.3, 0.4) is 0 Å². The van der Waals surface area contributed by atoms with Crippen molar-refractivity contribution in [1.29, 1.82) is 0 Å². The van der Waals surface area contributed by atoms with Crippen LogP contribution in [0, 0.1) is 5.82 Å². The van der Waals surface area contributed by atoms with Crippen LogP contribution in [0.15, 0.2) is 42.9 Å². The molecule has 2 atom stereocenters. The summed E-state index contributed by atoms with van der Waals surface area (Å²) >= 11 is 5.99. The lowest BCUT2D eigenvalue weighted by molar-refractivity contribution is 0.100. The molecule has 1 aromatic heterocycles. The molecule has 2 aromatic carbocycles. The number of carbonyl (C=O) groups excluding carboxylic acids is 1. The molecule has 0 aliphatic carbocycles. The molecule has 2 heterocycles. The van der Waals surface area contributed by atoms with E-state index in [0.29, 0.717) is 11.1 Å². The maximum Gasteiger partial charge on any atom is 0.250 e. The second kappa shape index (κ2) is 7.69. The molecule has 1 amide bonds. The van der Waals surface area contributed by atoms with Gasteiger partial charge in [-0.1, -0.05) is 17.7 Å². The summed E-state index contributed by atoms with van der Waals surface area (Å²) in [6.07, 6.45) is 3.94. The fourth-order valence-electron chi connectivity index (χ4n) is 3.75.